The molecule has 4 nitrogen and oxygen atoms in total. The van der Waals surface area contributed by atoms with E-state index in [0.717, 1.165) is 42.9 Å². The van der Waals surface area contributed by atoms with Crippen molar-refractivity contribution in [2.75, 3.05) is 26.7 Å². The molecule has 164 valence electrons. The van der Waals surface area contributed by atoms with Crippen LogP contribution in [-0.2, 0) is 19.5 Å². The SMILES string of the molecule is CN(Cc1ccccc1)CC(O)COc1ccc(CNCCc2cccc(F)c2)cc1. The molecule has 3 aromatic carbocycles. The molecule has 2 N–H and O–H groups in total. The van der Waals surface area contributed by atoms with Crippen LogP contribution in [0.15, 0.2) is 78.9 Å². The van der Waals surface area contributed by atoms with Crippen LogP contribution in [0.5, 0.6) is 5.75 Å². The average molecular weight is 423 g/mol. The second-order valence-corrected chi connectivity index (χ2v) is 7.85. The third kappa shape index (κ3) is 8.50. The number of nitrogens with one attached hydrogen (secondary N) is 1. The van der Waals surface area contributed by atoms with Gasteiger partial charge in [-0.2, -0.15) is 0 Å². The van der Waals surface area contributed by atoms with Crippen LogP contribution in [0.25, 0.3) is 0 Å². The zero-order valence-electron chi connectivity index (χ0n) is 18.0. The van der Waals surface area contributed by atoms with Crippen molar-refractivity contribution >= 4 is 0 Å². The van der Waals surface area contributed by atoms with Gasteiger partial charge < -0.3 is 15.2 Å². The van der Waals surface area contributed by atoms with Crippen LogP contribution in [0.3, 0.4) is 0 Å². The molecule has 1 unspecified atom stereocenters. The average Bonchev–Trinajstić information content (AvgIpc) is 2.77. The standard InChI is InChI=1S/C26H31FN2O2/c1-29(18-23-6-3-2-4-7-23)19-25(30)20-31-26-12-10-22(11-13-26)17-28-15-14-21-8-5-9-24(27)16-21/h2-13,16,25,28,30H,14-15,17-20H2,1H3. The Morgan fingerprint density at radius 1 is 0.935 bits per heavy atom. The highest BCUT2D eigenvalue weighted by atomic mass is 19.1. The van der Waals surface area contributed by atoms with Crippen molar-refractivity contribution in [1.29, 1.82) is 0 Å². The van der Waals surface area contributed by atoms with Crippen molar-refractivity contribution in [1.82, 2.24) is 10.2 Å². The summed E-state index contributed by atoms with van der Waals surface area (Å²) in [7, 11) is 1.99. The van der Waals surface area contributed by atoms with E-state index in [4.69, 9.17) is 4.74 Å². The first kappa shape index (κ1) is 22.9. The first-order chi connectivity index (χ1) is 15.1. The summed E-state index contributed by atoms with van der Waals surface area (Å²) < 4.78 is 18.9. The number of aliphatic hydroxyl groups is 1. The number of aliphatic hydroxyl groups excluding tert-OH is 1. The lowest BCUT2D eigenvalue weighted by Crippen LogP contribution is -2.32. The maximum absolute atomic E-state index is 13.2. The molecule has 5 heteroatoms. The number of halogens is 1. The summed E-state index contributed by atoms with van der Waals surface area (Å²) in [6, 6.07) is 24.8. The van der Waals surface area contributed by atoms with Crippen LogP contribution < -0.4 is 10.1 Å². The zero-order valence-corrected chi connectivity index (χ0v) is 18.0. The molecule has 0 saturated heterocycles. The fourth-order valence-corrected chi connectivity index (χ4v) is 3.43. The number of rotatable bonds is 12. The lowest BCUT2D eigenvalue weighted by molar-refractivity contribution is 0.0744. The van der Waals surface area contributed by atoms with E-state index in [1.165, 1.54) is 11.6 Å². The van der Waals surface area contributed by atoms with Crippen molar-refractivity contribution < 1.29 is 14.2 Å². The molecule has 31 heavy (non-hydrogen) atoms. The third-order valence-corrected chi connectivity index (χ3v) is 4.99. The van der Waals surface area contributed by atoms with Crippen LogP contribution in [-0.4, -0.2) is 42.9 Å². The second-order valence-electron chi connectivity index (χ2n) is 7.85. The van der Waals surface area contributed by atoms with E-state index >= 15 is 0 Å². The van der Waals surface area contributed by atoms with Gasteiger partial charge in [0.25, 0.3) is 0 Å². The first-order valence-corrected chi connectivity index (χ1v) is 10.7. The van der Waals surface area contributed by atoms with Crippen molar-refractivity contribution in [2.24, 2.45) is 0 Å². The van der Waals surface area contributed by atoms with Gasteiger partial charge in [0, 0.05) is 19.6 Å². The molecule has 0 radical (unpaired) electrons. The quantitative estimate of drug-likeness (QED) is 0.433. The van der Waals surface area contributed by atoms with Crippen molar-refractivity contribution in [3.63, 3.8) is 0 Å². The number of hydrogen-bond donors (Lipinski definition) is 2. The van der Waals surface area contributed by atoms with Crippen molar-refractivity contribution in [2.45, 2.75) is 25.6 Å². The summed E-state index contributed by atoms with van der Waals surface area (Å²) in [4.78, 5) is 2.09. The van der Waals surface area contributed by atoms with Crippen LogP contribution in [0.1, 0.15) is 16.7 Å². The lowest BCUT2D eigenvalue weighted by atomic mass is 10.1. The second kappa shape index (κ2) is 12.2. The molecular weight excluding hydrogens is 391 g/mol. The maximum atomic E-state index is 13.2. The molecule has 1 atom stereocenters. The Hall–Kier alpha value is -2.73. The van der Waals surface area contributed by atoms with Crippen LogP contribution >= 0.6 is 0 Å². The molecular formula is C26H31FN2O2. The Kier molecular flexibility index (Phi) is 9.03. The van der Waals surface area contributed by atoms with E-state index in [1.54, 1.807) is 12.1 Å². The van der Waals surface area contributed by atoms with Crippen molar-refractivity contribution in [3.05, 3.63) is 101 Å². The molecule has 0 heterocycles. The zero-order chi connectivity index (χ0) is 21.9. The highest BCUT2D eigenvalue weighted by Crippen LogP contribution is 2.13. The normalized spacial score (nSPS) is 12.1. The third-order valence-electron chi connectivity index (χ3n) is 4.99. The Labute approximate surface area is 184 Å². The summed E-state index contributed by atoms with van der Waals surface area (Å²) in [5, 5.41) is 13.6. The summed E-state index contributed by atoms with van der Waals surface area (Å²) in [6.45, 7) is 3.11. The predicted octanol–water partition coefficient (Wildman–Crippen LogP) is 4.03. The van der Waals surface area contributed by atoms with Gasteiger partial charge in [0.05, 0.1) is 0 Å². The molecule has 0 aliphatic rings. The highest BCUT2D eigenvalue weighted by molar-refractivity contribution is 5.27. The molecule has 0 aromatic heterocycles. The first-order valence-electron chi connectivity index (χ1n) is 10.7. The van der Waals surface area contributed by atoms with E-state index in [9.17, 15) is 9.50 Å². The van der Waals surface area contributed by atoms with E-state index in [0.29, 0.717) is 6.54 Å². The van der Waals surface area contributed by atoms with Gasteiger partial charge in [0.1, 0.15) is 24.3 Å². The highest BCUT2D eigenvalue weighted by Gasteiger charge is 2.10. The van der Waals surface area contributed by atoms with Gasteiger partial charge in [-0.3, -0.25) is 4.90 Å². The topological polar surface area (TPSA) is 44.7 Å². The predicted molar refractivity (Wildman–Crippen MR) is 123 cm³/mol. The van der Waals surface area contributed by atoms with Gasteiger partial charge in [0.2, 0.25) is 0 Å². The smallest absolute Gasteiger partial charge is 0.123 e. The maximum Gasteiger partial charge on any atom is 0.123 e. The summed E-state index contributed by atoms with van der Waals surface area (Å²) >= 11 is 0. The summed E-state index contributed by atoms with van der Waals surface area (Å²) in [6.07, 6.45) is 0.230. The number of ether oxygens (including phenoxy) is 1. The van der Waals surface area contributed by atoms with Crippen LogP contribution in [0.2, 0.25) is 0 Å². The molecule has 3 aromatic rings. The molecule has 0 amide bonds. The van der Waals surface area contributed by atoms with Gasteiger partial charge >= 0.3 is 0 Å². The minimum atomic E-state index is -0.558. The Morgan fingerprint density at radius 3 is 2.42 bits per heavy atom. The molecule has 0 bridgehead atoms. The van der Waals surface area contributed by atoms with Gasteiger partial charge in [-0.25, -0.2) is 4.39 Å². The van der Waals surface area contributed by atoms with Gasteiger partial charge in [0.15, 0.2) is 0 Å². The van der Waals surface area contributed by atoms with Gasteiger partial charge in [-0.05, 0) is 61.0 Å². The molecule has 0 spiro atoms. The molecule has 3 rings (SSSR count). The number of hydrogen-bond acceptors (Lipinski definition) is 4. The van der Waals surface area contributed by atoms with E-state index in [-0.39, 0.29) is 12.4 Å². The summed E-state index contributed by atoms with van der Waals surface area (Å²) in [5.74, 6) is 0.550. The Bertz CT molecular complexity index is 903. The largest absolute Gasteiger partial charge is 0.491 e. The monoisotopic (exact) mass is 422 g/mol. The molecule has 0 saturated carbocycles. The van der Waals surface area contributed by atoms with E-state index in [2.05, 4.69) is 22.3 Å². The minimum Gasteiger partial charge on any atom is -0.491 e. The Balaban J connectivity index is 1.33. The Morgan fingerprint density at radius 2 is 1.68 bits per heavy atom. The lowest BCUT2D eigenvalue weighted by Gasteiger charge is -2.21. The molecule has 0 aliphatic carbocycles. The molecule has 0 fully saturated rings. The fraction of sp³-hybridized carbons (Fsp3) is 0.308. The fourth-order valence-electron chi connectivity index (χ4n) is 3.43. The number of nitrogens with zero attached hydrogens (tertiary/aromatic N) is 1. The molecule has 0 aliphatic heterocycles. The summed E-state index contributed by atoms with van der Waals surface area (Å²) in [5.41, 5.74) is 3.36. The van der Waals surface area contributed by atoms with Gasteiger partial charge in [-0.15, -0.1) is 0 Å². The van der Waals surface area contributed by atoms with Crippen molar-refractivity contribution in [3.8, 4) is 5.75 Å². The minimum absolute atomic E-state index is 0.193. The van der Waals surface area contributed by atoms with Gasteiger partial charge in [-0.1, -0.05) is 54.6 Å². The van der Waals surface area contributed by atoms with E-state index in [1.807, 2.05) is 55.6 Å². The van der Waals surface area contributed by atoms with Crippen LogP contribution in [0, 0.1) is 5.82 Å². The number of benzene rings is 3. The van der Waals surface area contributed by atoms with E-state index < -0.39 is 6.10 Å². The van der Waals surface area contributed by atoms with Crippen LogP contribution in [0.4, 0.5) is 4.39 Å². The number of likely N-dealkylation sites (N-methyl/N-ethyl adjacent to an activating group) is 1.